The van der Waals surface area contributed by atoms with E-state index < -0.39 is 32.6 Å². The van der Waals surface area contributed by atoms with Gasteiger partial charge in [0.05, 0.1) is 0 Å². The van der Waals surface area contributed by atoms with Crippen LogP contribution in [0.25, 0.3) is 0 Å². The van der Waals surface area contributed by atoms with Crippen molar-refractivity contribution in [3.05, 3.63) is 29.8 Å². The molecule has 1 aromatic carbocycles. The predicted molar refractivity (Wildman–Crippen MR) is 66.1 cm³/mol. The molecule has 0 bridgehead atoms. The number of halogens is 3. The molecule has 0 saturated carbocycles. The smallest absolute Gasteiger partial charge is 0.208 e. The van der Waals surface area contributed by atoms with E-state index in [1.807, 2.05) is 0 Å². The highest BCUT2D eigenvalue weighted by Gasteiger charge is 2.22. The van der Waals surface area contributed by atoms with E-state index in [0.29, 0.717) is 12.5 Å². The van der Waals surface area contributed by atoms with Crippen LogP contribution in [-0.2, 0) is 10.0 Å². The highest BCUT2D eigenvalue weighted by molar-refractivity contribution is 7.89. The topological polar surface area (TPSA) is 46.2 Å². The Kier molecular flexibility index (Phi) is 5.07. The molecule has 1 rings (SSSR count). The molecular weight excluding hydrogens is 284 g/mol. The Morgan fingerprint density at radius 3 is 2.44 bits per heavy atom. The standard InChI is InChI=1S/C11H14ClF2NO2S/c1-7(12)5-8(2)15-18(16,17)11-4-3-9(13)6-10(11)14/h3-4,6-8,15H,5H2,1-2H3. The second-order valence-corrected chi connectivity index (χ2v) is 6.54. The minimum atomic E-state index is -4.00. The Morgan fingerprint density at radius 2 is 1.94 bits per heavy atom. The van der Waals surface area contributed by atoms with Crippen LogP contribution in [0.1, 0.15) is 20.3 Å². The van der Waals surface area contributed by atoms with Gasteiger partial charge in [-0.1, -0.05) is 0 Å². The van der Waals surface area contributed by atoms with Crippen LogP contribution in [0, 0.1) is 11.6 Å². The molecule has 0 aliphatic carbocycles. The van der Waals surface area contributed by atoms with E-state index in [0.717, 1.165) is 12.1 Å². The van der Waals surface area contributed by atoms with Crippen LogP contribution >= 0.6 is 11.6 Å². The summed E-state index contributed by atoms with van der Waals surface area (Å²) in [5.74, 6) is -1.94. The van der Waals surface area contributed by atoms with Crippen molar-refractivity contribution in [1.29, 1.82) is 0 Å². The molecule has 2 unspecified atom stereocenters. The maximum absolute atomic E-state index is 13.4. The molecule has 2 atom stereocenters. The summed E-state index contributed by atoms with van der Waals surface area (Å²) in [5, 5.41) is -0.208. The largest absolute Gasteiger partial charge is 0.243 e. The predicted octanol–water partition coefficient (Wildman–Crippen LogP) is 2.65. The molecule has 3 nitrogen and oxygen atoms in total. The van der Waals surface area contributed by atoms with Gasteiger partial charge in [0.2, 0.25) is 10.0 Å². The van der Waals surface area contributed by atoms with Gasteiger partial charge in [-0.15, -0.1) is 11.6 Å². The van der Waals surface area contributed by atoms with Gasteiger partial charge in [0.15, 0.2) is 0 Å². The Bertz CT molecular complexity index is 520. The summed E-state index contributed by atoms with van der Waals surface area (Å²) in [4.78, 5) is -0.571. The highest BCUT2D eigenvalue weighted by Crippen LogP contribution is 2.16. The first-order valence-electron chi connectivity index (χ1n) is 5.34. The molecular formula is C11H14ClF2NO2S. The normalized spacial score (nSPS) is 15.4. The van der Waals surface area contributed by atoms with Crippen LogP contribution in [0.2, 0.25) is 0 Å². The molecule has 1 N–H and O–H groups in total. The number of nitrogens with one attached hydrogen (secondary N) is 1. The van der Waals surface area contributed by atoms with Crippen molar-refractivity contribution in [2.24, 2.45) is 0 Å². The first-order chi connectivity index (χ1) is 8.22. The van der Waals surface area contributed by atoms with Crippen molar-refractivity contribution in [2.45, 2.75) is 36.6 Å². The molecule has 0 aromatic heterocycles. The van der Waals surface area contributed by atoms with Gasteiger partial charge < -0.3 is 0 Å². The van der Waals surface area contributed by atoms with Crippen LogP contribution in [0.15, 0.2) is 23.1 Å². The molecule has 0 saturated heterocycles. The number of benzene rings is 1. The van der Waals surface area contributed by atoms with Crippen molar-refractivity contribution in [3.8, 4) is 0 Å². The second kappa shape index (κ2) is 5.95. The fourth-order valence-electron chi connectivity index (χ4n) is 1.56. The quantitative estimate of drug-likeness (QED) is 0.849. The zero-order valence-corrected chi connectivity index (χ0v) is 11.5. The Balaban J connectivity index is 2.93. The van der Waals surface area contributed by atoms with Crippen molar-refractivity contribution >= 4 is 21.6 Å². The Labute approximate surface area is 110 Å². The summed E-state index contributed by atoms with van der Waals surface area (Å²) in [6.45, 7) is 3.35. The number of sulfonamides is 1. The van der Waals surface area contributed by atoms with Crippen LogP contribution in [0.3, 0.4) is 0 Å². The molecule has 0 radical (unpaired) electrons. The summed E-state index contributed by atoms with van der Waals surface area (Å²) in [7, 11) is -4.00. The summed E-state index contributed by atoms with van der Waals surface area (Å²) < 4.78 is 52.0. The van der Waals surface area contributed by atoms with Crippen molar-refractivity contribution < 1.29 is 17.2 Å². The van der Waals surface area contributed by atoms with Crippen LogP contribution in [0.5, 0.6) is 0 Å². The third-order valence-corrected chi connectivity index (χ3v) is 4.02. The van der Waals surface area contributed by atoms with Gasteiger partial charge in [0.25, 0.3) is 0 Å². The number of alkyl halides is 1. The van der Waals surface area contributed by atoms with Gasteiger partial charge >= 0.3 is 0 Å². The summed E-state index contributed by atoms with van der Waals surface area (Å²) in [5.41, 5.74) is 0. The third kappa shape index (κ3) is 4.19. The minimum Gasteiger partial charge on any atom is -0.208 e. The number of hydrogen-bond donors (Lipinski definition) is 1. The molecule has 0 aliphatic rings. The average molecular weight is 298 g/mol. The molecule has 1 aromatic rings. The van der Waals surface area contributed by atoms with E-state index in [4.69, 9.17) is 11.6 Å². The number of hydrogen-bond acceptors (Lipinski definition) is 2. The van der Waals surface area contributed by atoms with Gasteiger partial charge in [-0.3, -0.25) is 0 Å². The van der Waals surface area contributed by atoms with Gasteiger partial charge in [-0.05, 0) is 32.4 Å². The van der Waals surface area contributed by atoms with Crippen molar-refractivity contribution in [1.82, 2.24) is 4.72 Å². The molecule has 0 spiro atoms. The first-order valence-corrected chi connectivity index (χ1v) is 7.26. The lowest BCUT2D eigenvalue weighted by molar-refractivity contribution is 0.526. The van der Waals surface area contributed by atoms with Crippen molar-refractivity contribution in [2.75, 3.05) is 0 Å². The maximum atomic E-state index is 13.4. The lowest BCUT2D eigenvalue weighted by Gasteiger charge is -2.15. The molecule has 0 heterocycles. The summed E-state index contributed by atoms with van der Waals surface area (Å²) in [6.07, 6.45) is 0.406. The zero-order valence-electron chi connectivity index (χ0n) is 9.95. The van der Waals surface area contributed by atoms with Crippen LogP contribution in [0.4, 0.5) is 8.78 Å². The molecule has 0 fully saturated rings. The van der Waals surface area contributed by atoms with Gasteiger partial charge in [-0.25, -0.2) is 21.9 Å². The first kappa shape index (κ1) is 15.3. The Morgan fingerprint density at radius 1 is 1.33 bits per heavy atom. The second-order valence-electron chi connectivity index (χ2n) is 4.11. The van der Waals surface area contributed by atoms with E-state index in [9.17, 15) is 17.2 Å². The van der Waals surface area contributed by atoms with Crippen molar-refractivity contribution in [3.63, 3.8) is 0 Å². The van der Waals surface area contributed by atoms with E-state index in [-0.39, 0.29) is 5.38 Å². The maximum Gasteiger partial charge on any atom is 0.243 e. The Hall–Kier alpha value is -0.720. The summed E-state index contributed by atoms with van der Waals surface area (Å²) in [6, 6.07) is 1.88. The van der Waals surface area contributed by atoms with Gasteiger partial charge in [0.1, 0.15) is 16.5 Å². The lowest BCUT2D eigenvalue weighted by Crippen LogP contribution is -2.34. The van der Waals surface area contributed by atoms with Gasteiger partial charge in [-0.2, -0.15) is 0 Å². The SMILES string of the molecule is CC(Cl)CC(C)NS(=O)(=O)c1ccc(F)cc1F. The van der Waals surface area contributed by atoms with Gasteiger partial charge in [0, 0.05) is 17.5 Å². The monoisotopic (exact) mass is 297 g/mol. The van der Waals surface area contributed by atoms with E-state index in [2.05, 4.69) is 4.72 Å². The average Bonchev–Trinajstić information content (AvgIpc) is 2.13. The van der Waals surface area contributed by atoms with E-state index in [1.54, 1.807) is 13.8 Å². The fraction of sp³-hybridized carbons (Fsp3) is 0.455. The van der Waals surface area contributed by atoms with Crippen LogP contribution in [-0.4, -0.2) is 19.8 Å². The highest BCUT2D eigenvalue weighted by atomic mass is 35.5. The lowest BCUT2D eigenvalue weighted by atomic mass is 10.2. The van der Waals surface area contributed by atoms with E-state index in [1.165, 1.54) is 0 Å². The summed E-state index contributed by atoms with van der Waals surface area (Å²) >= 11 is 5.74. The molecule has 18 heavy (non-hydrogen) atoms. The fourth-order valence-corrected chi connectivity index (χ4v) is 3.14. The van der Waals surface area contributed by atoms with Crippen LogP contribution < -0.4 is 4.72 Å². The minimum absolute atomic E-state index is 0.208. The molecule has 0 amide bonds. The molecule has 0 aliphatic heterocycles. The zero-order chi connectivity index (χ0) is 13.9. The number of rotatable bonds is 5. The van der Waals surface area contributed by atoms with E-state index >= 15 is 0 Å². The molecule has 7 heteroatoms. The molecule has 102 valence electrons. The third-order valence-electron chi connectivity index (χ3n) is 2.22.